The second-order valence-corrected chi connectivity index (χ2v) is 8.53. The maximum absolute atomic E-state index is 12.7. The number of anilines is 2. The molecule has 1 unspecified atom stereocenters. The number of carbonyl (C=O) groups excluding carboxylic acids is 3. The van der Waals surface area contributed by atoms with Crippen LogP contribution in [0.1, 0.15) is 29.3 Å². The van der Waals surface area contributed by atoms with E-state index in [1.54, 1.807) is 47.6 Å². The summed E-state index contributed by atoms with van der Waals surface area (Å²) in [4.78, 5) is 46.9. The molecule has 36 heavy (non-hydrogen) atoms. The van der Waals surface area contributed by atoms with Crippen molar-refractivity contribution in [3.8, 4) is 0 Å². The van der Waals surface area contributed by atoms with Crippen LogP contribution in [0, 0.1) is 0 Å². The van der Waals surface area contributed by atoms with Crippen LogP contribution in [0.5, 0.6) is 0 Å². The van der Waals surface area contributed by atoms with Gasteiger partial charge in [-0.3, -0.25) is 9.59 Å². The molecule has 1 N–H and O–H groups in total. The zero-order chi connectivity index (χ0) is 26.1. The number of Topliss-reactive ketones (excluding diaryl/α,β-unsaturated/α-hetero) is 1. The maximum atomic E-state index is 12.7. The van der Waals surface area contributed by atoms with Gasteiger partial charge in [0.25, 0.3) is 5.91 Å². The Morgan fingerprint density at radius 2 is 1.67 bits per heavy atom. The minimum absolute atomic E-state index is 0.0274. The lowest BCUT2D eigenvalue weighted by Crippen LogP contribution is -2.41. The van der Waals surface area contributed by atoms with Gasteiger partial charge in [-0.1, -0.05) is 53.6 Å². The number of ether oxygens (including phenoxy) is 1. The summed E-state index contributed by atoms with van der Waals surface area (Å²) in [7, 11) is 1.25. The summed E-state index contributed by atoms with van der Waals surface area (Å²) >= 11 is 12.2. The SMILES string of the molecule is COC(=O)C(C/C=C/c1ccc(N(CC(C)=O)c2ncccn2)cc1)NC(=O)c1c(Cl)cccc1Cl. The Hall–Kier alpha value is -3.75. The minimum Gasteiger partial charge on any atom is -0.467 e. The van der Waals surface area contributed by atoms with Gasteiger partial charge >= 0.3 is 5.97 Å². The van der Waals surface area contributed by atoms with Crippen LogP contribution in [0.15, 0.2) is 67.0 Å². The van der Waals surface area contributed by atoms with Gasteiger partial charge < -0.3 is 15.0 Å². The third-order valence-electron chi connectivity index (χ3n) is 5.04. The van der Waals surface area contributed by atoms with Crippen LogP contribution < -0.4 is 10.2 Å². The molecule has 0 radical (unpaired) electrons. The van der Waals surface area contributed by atoms with Gasteiger partial charge in [0.1, 0.15) is 11.8 Å². The summed E-state index contributed by atoms with van der Waals surface area (Å²) in [6, 6.07) is 12.9. The highest BCUT2D eigenvalue weighted by molar-refractivity contribution is 6.39. The van der Waals surface area contributed by atoms with Crippen molar-refractivity contribution >= 4 is 58.6 Å². The largest absolute Gasteiger partial charge is 0.467 e. The predicted octanol–water partition coefficient (Wildman–Crippen LogP) is 4.89. The van der Waals surface area contributed by atoms with E-state index in [4.69, 9.17) is 27.9 Å². The average Bonchev–Trinajstić information content (AvgIpc) is 2.87. The van der Waals surface area contributed by atoms with E-state index in [-0.39, 0.29) is 34.4 Å². The zero-order valence-electron chi connectivity index (χ0n) is 19.7. The smallest absolute Gasteiger partial charge is 0.328 e. The van der Waals surface area contributed by atoms with Crippen LogP contribution in [0.4, 0.5) is 11.6 Å². The van der Waals surface area contributed by atoms with Crippen LogP contribution in [0.25, 0.3) is 6.08 Å². The van der Waals surface area contributed by atoms with Crippen molar-refractivity contribution in [1.82, 2.24) is 15.3 Å². The lowest BCUT2D eigenvalue weighted by Gasteiger charge is -2.21. The molecule has 0 aliphatic carbocycles. The first-order chi connectivity index (χ1) is 17.3. The molecule has 0 saturated heterocycles. The second-order valence-electron chi connectivity index (χ2n) is 7.71. The molecule has 0 fully saturated rings. The Bertz CT molecular complexity index is 1230. The topological polar surface area (TPSA) is 101 Å². The van der Waals surface area contributed by atoms with Crippen LogP contribution in [0.2, 0.25) is 10.0 Å². The first kappa shape index (κ1) is 26.8. The van der Waals surface area contributed by atoms with Gasteiger partial charge in [-0.2, -0.15) is 0 Å². The molecule has 1 heterocycles. The van der Waals surface area contributed by atoms with Gasteiger partial charge in [0.05, 0.1) is 29.3 Å². The Labute approximate surface area is 218 Å². The number of hydrogen-bond acceptors (Lipinski definition) is 7. The highest BCUT2D eigenvalue weighted by atomic mass is 35.5. The number of amides is 1. The molecular formula is C26H24Cl2N4O4. The number of rotatable bonds is 10. The number of carbonyl (C=O) groups is 3. The number of hydrogen-bond donors (Lipinski definition) is 1. The van der Waals surface area contributed by atoms with Crippen LogP contribution in [-0.4, -0.2) is 47.3 Å². The van der Waals surface area contributed by atoms with E-state index in [9.17, 15) is 14.4 Å². The molecular weight excluding hydrogens is 503 g/mol. The summed E-state index contributed by atoms with van der Waals surface area (Å²) in [6.45, 7) is 1.64. The number of methoxy groups -OCH3 is 1. The van der Waals surface area contributed by atoms with Gasteiger partial charge in [-0.15, -0.1) is 0 Å². The van der Waals surface area contributed by atoms with Gasteiger partial charge in [0, 0.05) is 18.1 Å². The number of esters is 1. The van der Waals surface area contributed by atoms with E-state index < -0.39 is 17.9 Å². The van der Waals surface area contributed by atoms with E-state index in [2.05, 4.69) is 15.3 Å². The van der Waals surface area contributed by atoms with Crippen molar-refractivity contribution in [2.45, 2.75) is 19.4 Å². The molecule has 2 aromatic carbocycles. The van der Waals surface area contributed by atoms with Crippen LogP contribution in [-0.2, 0) is 14.3 Å². The van der Waals surface area contributed by atoms with E-state index in [0.29, 0.717) is 5.95 Å². The Morgan fingerprint density at radius 3 is 2.25 bits per heavy atom. The lowest BCUT2D eigenvalue weighted by atomic mass is 10.1. The third-order valence-corrected chi connectivity index (χ3v) is 5.67. The quantitative estimate of drug-likeness (QED) is 0.375. The van der Waals surface area contributed by atoms with Gasteiger partial charge in [-0.05, 0) is 49.2 Å². The lowest BCUT2D eigenvalue weighted by molar-refractivity contribution is -0.142. The molecule has 10 heteroatoms. The van der Waals surface area contributed by atoms with Crippen molar-refractivity contribution in [3.05, 3.63) is 88.2 Å². The Kier molecular flexibility index (Phi) is 9.55. The number of nitrogens with zero attached hydrogens (tertiary/aromatic N) is 3. The predicted molar refractivity (Wildman–Crippen MR) is 140 cm³/mol. The first-order valence-electron chi connectivity index (χ1n) is 10.9. The molecule has 8 nitrogen and oxygen atoms in total. The fraction of sp³-hybridized carbons (Fsp3) is 0.192. The molecule has 3 aromatic rings. The highest BCUT2D eigenvalue weighted by Gasteiger charge is 2.23. The normalized spacial score (nSPS) is 11.7. The van der Waals surface area contributed by atoms with Gasteiger partial charge in [0.2, 0.25) is 5.95 Å². The van der Waals surface area contributed by atoms with Crippen molar-refractivity contribution in [1.29, 1.82) is 0 Å². The molecule has 1 atom stereocenters. The van der Waals surface area contributed by atoms with Crippen LogP contribution >= 0.6 is 23.2 Å². The van der Waals surface area contributed by atoms with Crippen molar-refractivity contribution in [2.24, 2.45) is 0 Å². The number of benzene rings is 2. The molecule has 1 amide bonds. The van der Waals surface area contributed by atoms with Gasteiger partial charge in [0.15, 0.2) is 0 Å². The first-order valence-corrected chi connectivity index (χ1v) is 11.7. The van der Waals surface area contributed by atoms with E-state index in [1.807, 2.05) is 30.3 Å². The average molecular weight is 527 g/mol. The van der Waals surface area contributed by atoms with E-state index >= 15 is 0 Å². The monoisotopic (exact) mass is 526 g/mol. The molecule has 0 saturated carbocycles. The molecule has 3 rings (SSSR count). The summed E-state index contributed by atoms with van der Waals surface area (Å²) in [5.74, 6) is -0.784. The zero-order valence-corrected chi connectivity index (χ0v) is 21.2. The Morgan fingerprint density at radius 1 is 1.03 bits per heavy atom. The Balaban J connectivity index is 1.71. The molecule has 1 aromatic heterocycles. The van der Waals surface area contributed by atoms with Crippen LogP contribution in [0.3, 0.4) is 0 Å². The molecule has 0 aliphatic rings. The third kappa shape index (κ3) is 7.13. The van der Waals surface area contributed by atoms with Crippen molar-refractivity contribution < 1.29 is 19.1 Å². The van der Waals surface area contributed by atoms with E-state index in [1.165, 1.54) is 14.0 Å². The summed E-state index contributed by atoms with van der Waals surface area (Å²) in [5.41, 5.74) is 1.69. The summed E-state index contributed by atoms with van der Waals surface area (Å²) in [6.07, 6.45) is 6.96. The second kappa shape index (κ2) is 12.8. The number of aromatic nitrogens is 2. The number of halogens is 2. The molecule has 0 spiro atoms. The summed E-state index contributed by atoms with van der Waals surface area (Å²) in [5, 5.41) is 2.99. The highest BCUT2D eigenvalue weighted by Crippen LogP contribution is 2.25. The molecule has 0 bridgehead atoms. The minimum atomic E-state index is -0.938. The fourth-order valence-electron chi connectivity index (χ4n) is 3.34. The summed E-state index contributed by atoms with van der Waals surface area (Å²) < 4.78 is 4.83. The van der Waals surface area contributed by atoms with Gasteiger partial charge in [-0.25, -0.2) is 14.8 Å². The molecule has 0 aliphatic heterocycles. The van der Waals surface area contributed by atoms with Crippen molar-refractivity contribution in [3.63, 3.8) is 0 Å². The van der Waals surface area contributed by atoms with Crippen molar-refractivity contribution in [2.75, 3.05) is 18.6 Å². The maximum Gasteiger partial charge on any atom is 0.328 e. The standard InChI is InChI=1S/C26H24Cl2N4O4/c1-17(33)16-32(26-29-14-5-15-30-26)19-12-10-18(11-13-19)6-3-9-22(25(35)36-2)31-24(34)23-20(27)7-4-8-21(23)28/h3-8,10-15,22H,9,16H2,1-2H3,(H,31,34)/b6-3+. The molecule has 186 valence electrons. The van der Waals surface area contributed by atoms with E-state index in [0.717, 1.165) is 11.3 Å². The number of nitrogens with one attached hydrogen (secondary N) is 1. The fourth-order valence-corrected chi connectivity index (χ4v) is 3.91. The number of ketones is 1.